The molecule has 19 heavy (non-hydrogen) atoms. The minimum Gasteiger partial charge on any atom is -0.464 e. The van der Waals surface area contributed by atoms with Crippen molar-refractivity contribution in [2.24, 2.45) is 17.8 Å². The zero-order valence-electron chi connectivity index (χ0n) is 11.2. The van der Waals surface area contributed by atoms with Crippen molar-refractivity contribution in [3.8, 4) is 0 Å². The summed E-state index contributed by atoms with van der Waals surface area (Å²) in [5.41, 5.74) is 0.465. The Morgan fingerprint density at radius 2 is 1.84 bits per heavy atom. The maximum atomic E-state index is 11.5. The van der Waals surface area contributed by atoms with Crippen molar-refractivity contribution < 1.29 is 9.53 Å². The summed E-state index contributed by atoms with van der Waals surface area (Å²) in [4.78, 5) is 11.5. The van der Waals surface area contributed by atoms with Crippen LogP contribution in [0.3, 0.4) is 0 Å². The van der Waals surface area contributed by atoms with Gasteiger partial charge in [0.2, 0.25) is 0 Å². The van der Waals surface area contributed by atoms with E-state index in [1.165, 1.54) is 45.6 Å². The van der Waals surface area contributed by atoms with E-state index in [1.807, 2.05) is 4.68 Å². The lowest BCUT2D eigenvalue weighted by molar-refractivity contribution is -0.0502. The van der Waals surface area contributed by atoms with Crippen LogP contribution in [0.1, 0.15) is 49.0 Å². The van der Waals surface area contributed by atoms with Gasteiger partial charge in [-0.25, -0.2) is 9.48 Å². The molecule has 5 heteroatoms. The van der Waals surface area contributed by atoms with Crippen LogP contribution in [0, 0.1) is 17.8 Å². The lowest BCUT2D eigenvalue weighted by Crippen LogP contribution is -2.52. The van der Waals surface area contributed by atoms with Crippen LogP contribution in [0.15, 0.2) is 6.20 Å². The Morgan fingerprint density at radius 1 is 1.26 bits per heavy atom. The molecule has 0 N–H and O–H groups in total. The Hall–Kier alpha value is -1.39. The number of methoxy groups -OCH3 is 1. The molecule has 4 bridgehead atoms. The first-order valence-electron chi connectivity index (χ1n) is 7.20. The summed E-state index contributed by atoms with van der Waals surface area (Å²) in [5.74, 6) is 2.18. The first kappa shape index (κ1) is 11.4. The maximum absolute atomic E-state index is 11.5. The number of carbonyl (C=O) groups excluding carboxylic acids is 1. The van der Waals surface area contributed by atoms with Crippen LogP contribution in [-0.4, -0.2) is 28.1 Å². The fraction of sp³-hybridized carbons (Fsp3) is 0.786. The minimum absolute atomic E-state index is 0.133. The summed E-state index contributed by atoms with van der Waals surface area (Å²) in [6, 6.07) is 0. The Morgan fingerprint density at radius 3 is 2.37 bits per heavy atom. The molecule has 4 aliphatic carbocycles. The normalized spacial score (nSPS) is 39.5. The lowest BCUT2D eigenvalue weighted by atomic mass is 9.53. The molecule has 0 aliphatic heterocycles. The monoisotopic (exact) mass is 261 g/mol. The van der Waals surface area contributed by atoms with Gasteiger partial charge in [-0.1, -0.05) is 5.21 Å². The van der Waals surface area contributed by atoms with Gasteiger partial charge in [0.15, 0.2) is 5.69 Å². The Bertz CT molecular complexity index is 487. The van der Waals surface area contributed by atoms with Gasteiger partial charge in [-0.3, -0.25) is 0 Å². The van der Waals surface area contributed by atoms with Gasteiger partial charge in [-0.15, -0.1) is 5.10 Å². The first-order chi connectivity index (χ1) is 9.18. The minimum atomic E-state index is -0.393. The summed E-state index contributed by atoms with van der Waals surface area (Å²) in [5, 5.41) is 8.22. The molecule has 0 saturated heterocycles. The smallest absolute Gasteiger partial charge is 0.360 e. The van der Waals surface area contributed by atoms with E-state index >= 15 is 0 Å². The van der Waals surface area contributed by atoms with Crippen LogP contribution in [0.4, 0.5) is 0 Å². The van der Waals surface area contributed by atoms with E-state index in [0.29, 0.717) is 5.69 Å². The molecular formula is C14H19N3O2. The molecule has 4 fully saturated rings. The highest BCUT2D eigenvalue weighted by atomic mass is 16.5. The van der Waals surface area contributed by atoms with E-state index in [1.54, 1.807) is 6.20 Å². The number of nitrogens with zero attached hydrogens (tertiary/aromatic N) is 3. The van der Waals surface area contributed by atoms with Gasteiger partial charge < -0.3 is 4.74 Å². The molecule has 0 aromatic carbocycles. The standard InChI is InChI=1S/C14H19N3O2/c1-19-13(18)12-8-17(16-15-12)14-5-9-2-10(6-14)4-11(3-9)7-14/h8-11H,2-7H2,1H3. The molecule has 1 heterocycles. The van der Waals surface area contributed by atoms with Crippen LogP contribution in [-0.2, 0) is 10.3 Å². The van der Waals surface area contributed by atoms with Gasteiger partial charge in [-0.05, 0) is 56.3 Å². The zero-order valence-corrected chi connectivity index (χ0v) is 11.2. The number of esters is 1. The van der Waals surface area contributed by atoms with Gasteiger partial charge >= 0.3 is 5.97 Å². The third-order valence-corrected chi connectivity index (χ3v) is 5.38. The van der Waals surface area contributed by atoms with Gasteiger partial charge in [0, 0.05) is 0 Å². The van der Waals surface area contributed by atoms with Gasteiger partial charge in [0.1, 0.15) is 0 Å². The SMILES string of the molecule is COC(=O)c1cn(C23CC4CC(CC(C4)C2)C3)nn1. The molecule has 0 spiro atoms. The van der Waals surface area contributed by atoms with Gasteiger partial charge in [-0.2, -0.15) is 0 Å². The number of hydrogen-bond donors (Lipinski definition) is 0. The van der Waals surface area contributed by atoms with Crippen LogP contribution < -0.4 is 0 Å². The highest BCUT2D eigenvalue weighted by Crippen LogP contribution is 2.58. The second kappa shape index (κ2) is 3.81. The lowest BCUT2D eigenvalue weighted by Gasteiger charge is -2.56. The number of carbonyl (C=O) groups is 1. The van der Waals surface area contributed by atoms with E-state index in [0.717, 1.165) is 17.8 Å². The molecule has 102 valence electrons. The summed E-state index contributed by atoms with van der Waals surface area (Å²) >= 11 is 0. The third-order valence-electron chi connectivity index (χ3n) is 5.38. The Kier molecular flexibility index (Phi) is 2.29. The largest absolute Gasteiger partial charge is 0.464 e. The molecule has 4 aliphatic rings. The van der Waals surface area contributed by atoms with Crippen LogP contribution in [0.25, 0.3) is 0 Å². The van der Waals surface area contributed by atoms with E-state index in [-0.39, 0.29) is 5.54 Å². The highest BCUT2D eigenvalue weighted by Gasteiger charge is 2.52. The summed E-state index contributed by atoms with van der Waals surface area (Å²) in [6.45, 7) is 0. The Balaban J connectivity index is 1.68. The fourth-order valence-corrected chi connectivity index (χ4v) is 5.04. The average Bonchev–Trinajstić information content (AvgIpc) is 2.86. The van der Waals surface area contributed by atoms with E-state index < -0.39 is 5.97 Å². The second-order valence-corrected chi connectivity index (χ2v) is 6.68. The molecule has 5 rings (SSSR count). The molecule has 0 radical (unpaired) electrons. The number of ether oxygens (including phenoxy) is 1. The van der Waals surface area contributed by atoms with E-state index in [2.05, 4.69) is 10.3 Å². The first-order valence-corrected chi connectivity index (χ1v) is 7.20. The molecule has 5 nitrogen and oxygen atoms in total. The number of rotatable bonds is 2. The molecular weight excluding hydrogens is 242 g/mol. The van der Waals surface area contributed by atoms with Crippen molar-refractivity contribution in [2.75, 3.05) is 7.11 Å². The molecule has 4 saturated carbocycles. The van der Waals surface area contributed by atoms with Gasteiger partial charge in [0.05, 0.1) is 18.8 Å². The van der Waals surface area contributed by atoms with Crippen LogP contribution >= 0.6 is 0 Å². The van der Waals surface area contributed by atoms with Crippen molar-refractivity contribution in [3.63, 3.8) is 0 Å². The van der Waals surface area contributed by atoms with Gasteiger partial charge in [0.25, 0.3) is 0 Å². The molecule has 1 aromatic rings. The molecule has 0 amide bonds. The topological polar surface area (TPSA) is 57.0 Å². The van der Waals surface area contributed by atoms with Crippen LogP contribution in [0.5, 0.6) is 0 Å². The predicted octanol–water partition coefficient (Wildman–Crippen LogP) is 1.99. The Labute approximate surface area is 112 Å². The molecule has 0 unspecified atom stereocenters. The predicted molar refractivity (Wildman–Crippen MR) is 67.5 cm³/mol. The average molecular weight is 261 g/mol. The zero-order chi connectivity index (χ0) is 13.0. The third kappa shape index (κ3) is 1.63. The summed E-state index contributed by atoms with van der Waals surface area (Å²) in [6.07, 6.45) is 9.63. The summed E-state index contributed by atoms with van der Waals surface area (Å²) < 4.78 is 6.69. The van der Waals surface area contributed by atoms with Crippen molar-refractivity contribution in [2.45, 2.75) is 44.1 Å². The summed E-state index contributed by atoms with van der Waals surface area (Å²) in [7, 11) is 1.38. The van der Waals surface area contributed by atoms with Crippen LogP contribution in [0.2, 0.25) is 0 Å². The quantitative estimate of drug-likeness (QED) is 0.764. The van der Waals surface area contributed by atoms with E-state index in [9.17, 15) is 4.79 Å². The number of aromatic nitrogens is 3. The fourth-order valence-electron chi connectivity index (χ4n) is 5.04. The van der Waals surface area contributed by atoms with Crippen molar-refractivity contribution in [3.05, 3.63) is 11.9 Å². The molecule has 1 aromatic heterocycles. The van der Waals surface area contributed by atoms with Crippen molar-refractivity contribution >= 4 is 5.97 Å². The van der Waals surface area contributed by atoms with Crippen molar-refractivity contribution in [1.29, 1.82) is 0 Å². The second-order valence-electron chi connectivity index (χ2n) is 6.68. The maximum Gasteiger partial charge on any atom is 0.360 e. The highest BCUT2D eigenvalue weighted by molar-refractivity contribution is 5.86. The van der Waals surface area contributed by atoms with Crippen molar-refractivity contribution in [1.82, 2.24) is 15.0 Å². The number of hydrogen-bond acceptors (Lipinski definition) is 4. The molecule has 0 atom stereocenters. The van der Waals surface area contributed by atoms with E-state index in [4.69, 9.17) is 4.74 Å².